The highest BCUT2D eigenvalue weighted by Gasteiger charge is 2.30. The van der Waals surface area contributed by atoms with Crippen LogP contribution in [0.15, 0.2) is 12.1 Å². The molecule has 1 aromatic carbocycles. The zero-order valence-corrected chi connectivity index (χ0v) is 13.3. The van der Waals surface area contributed by atoms with Crippen molar-refractivity contribution in [3.63, 3.8) is 0 Å². The molecule has 4 heteroatoms. The molecule has 1 heterocycles. The van der Waals surface area contributed by atoms with E-state index in [-0.39, 0.29) is 23.4 Å². The Morgan fingerprint density at radius 1 is 1.48 bits per heavy atom. The molecular weight excluding hydrogens is 269 g/mol. The van der Waals surface area contributed by atoms with Gasteiger partial charge in [-0.05, 0) is 52.3 Å². The summed E-state index contributed by atoms with van der Waals surface area (Å²) in [5.41, 5.74) is 1.30. The minimum absolute atomic E-state index is 0.0397. The lowest BCUT2D eigenvalue weighted by atomic mass is 9.93. The zero-order chi connectivity index (χ0) is 15.6. The highest BCUT2D eigenvalue weighted by molar-refractivity contribution is 5.96. The lowest BCUT2D eigenvalue weighted by molar-refractivity contribution is 0.0885. The molecule has 0 radical (unpaired) electrons. The summed E-state index contributed by atoms with van der Waals surface area (Å²) in [6.07, 6.45) is 1.73. The molecule has 0 amide bonds. The van der Waals surface area contributed by atoms with Gasteiger partial charge in [-0.1, -0.05) is 6.92 Å². The largest absolute Gasteiger partial charge is 0.489 e. The normalized spacial score (nSPS) is 17.8. The van der Waals surface area contributed by atoms with Gasteiger partial charge in [-0.15, -0.1) is 0 Å². The lowest BCUT2D eigenvalue weighted by Gasteiger charge is -2.38. The molecule has 1 aliphatic rings. The molecule has 116 valence electrons. The summed E-state index contributed by atoms with van der Waals surface area (Å²) in [5, 5.41) is 0. The van der Waals surface area contributed by atoms with Gasteiger partial charge in [0.15, 0.2) is 17.3 Å². The van der Waals surface area contributed by atoms with E-state index >= 15 is 0 Å². The highest BCUT2D eigenvalue weighted by atomic mass is 19.1. The molecule has 1 aliphatic heterocycles. The quantitative estimate of drug-likeness (QED) is 0.779. The molecule has 1 atom stereocenters. The van der Waals surface area contributed by atoms with Crippen LogP contribution in [0.2, 0.25) is 0 Å². The number of Topliss-reactive ketones (excluding diaryl/α,β-unsaturated/α-hetero) is 1. The Hall–Kier alpha value is -1.42. The maximum Gasteiger partial charge on any atom is 0.165 e. The number of halogens is 1. The number of rotatable bonds is 5. The smallest absolute Gasteiger partial charge is 0.165 e. The first kappa shape index (κ1) is 16.0. The van der Waals surface area contributed by atoms with E-state index in [9.17, 15) is 9.18 Å². The van der Waals surface area contributed by atoms with Crippen molar-refractivity contribution in [3.8, 4) is 5.75 Å². The maximum atomic E-state index is 13.9. The first-order valence-corrected chi connectivity index (χ1v) is 7.66. The van der Waals surface area contributed by atoms with Crippen LogP contribution < -0.4 is 4.74 Å². The Kier molecular flexibility index (Phi) is 4.99. The van der Waals surface area contributed by atoms with Crippen LogP contribution in [0.3, 0.4) is 0 Å². The summed E-state index contributed by atoms with van der Waals surface area (Å²) < 4.78 is 19.6. The Balaban J connectivity index is 2.34. The van der Waals surface area contributed by atoms with Gasteiger partial charge in [0.1, 0.15) is 6.61 Å². The lowest BCUT2D eigenvalue weighted by Crippen LogP contribution is -2.47. The molecule has 0 N–H and O–H groups in total. The van der Waals surface area contributed by atoms with Crippen LogP contribution in [-0.2, 0) is 6.42 Å². The minimum atomic E-state index is -0.375. The predicted octanol–water partition coefficient (Wildman–Crippen LogP) is 3.45. The fourth-order valence-corrected chi connectivity index (χ4v) is 3.10. The number of ketones is 1. The standard InChI is InChI=1S/C17H24FNO2/c1-5-8-19(11(2)3)13-9-15-14(12(4)20)6-7-16(18)17(15)21-10-13/h6-7,11,13H,5,8-10H2,1-4H3. The Bertz CT molecular complexity index is 528. The average molecular weight is 293 g/mol. The van der Waals surface area contributed by atoms with Crippen LogP contribution in [-0.4, -0.2) is 35.9 Å². The molecule has 0 spiro atoms. The summed E-state index contributed by atoms with van der Waals surface area (Å²) in [4.78, 5) is 14.1. The third-order valence-electron chi connectivity index (χ3n) is 4.07. The van der Waals surface area contributed by atoms with Gasteiger partial charge in [0.05, 0.1) is 0 Å². The number of carbonyl (C=O) groups excluding carboxylic acids is 1. The van der Waals surface area contributed by atoms with Crippen molar-refractivity contribution < 1.29 is 13.9 Å². The molecule has 3 nitrogen and oxygen atoms in total. The van der Waals surface area contributed by atoms with Crippen LogP contribution in [0.5, 0.6) is 5.75 Å². The summed E-state index contributed by atoms with van der Waals surface area (Å²) in [5.74, 6) is -0.152. The van der Waals surface area contributed by atoms with Crippen LogP contribution in [0, 0.1) is 5.82 Å². The van der Waals surface area contributed by atoms with Gasteiger partial charge in [0.2, 0.25) is 0 Å². The first-order valence-electron chi connectivity index (χ1n) is 7.66. The summed E-state index contributed by atoms with van der Waals surface area (Å²) in [6, 6.07) is 3.48. The number of benzene rings is 1. The van der Waals surface area contributed by atoms with Gasteiger partial charge in [0.25, 0.3) is 0 Å². The fourth-order valence-electron chi connectivity index (χ4n) is 3.10. The molecule has 2 rings (SSSR count). The van der Waals surface area contributed by atoms with E-state index in [1.165, 1.54) is 13.0 Å². The molecule has 0 fully saturated rings. The second-order valence-electron chi connectivity index (χ2n) is 5.96. The van der Waals surface area contributed by atoms with Crippen molar-refractivity contribution >= 4 is 5.78 Å². The molecule has 0 saturated heterocycles. The van der Waals surface area contributed by atoms with E-state index in [4.69, 9.17) is 4.74 Å². The minimum Gasteiger partial charge on any atom is -0.489 e. The van der Waals surface area contributed by atoms with Crippen molar-refractivity contribution in [1.29, 1.82) is 0 Å². The van der Waals surface area contributed by atoms with E-state index < -0.39 is 0 Å². The van der Waals surface area contributed by atoms with E-state index in [0.29, 0.717) is 24.6 Å². The summed E-state index contributed by atoms with van der Waals surface area (Å²) in [7, 11) is 0. The third kappa shape index (κ3) is 3.26. The van der Waals surface area contributed by atoms with E-state index in [2.05, 4.69) is 25.7 Å². The second kappa shape index (κ2) is 6.56. The van der Waals surface area contributed by atoms with Crippen molar-refractivity contribution in [1.82, 2.24) is 4.90 Å². The van der Waals surface area contributed by atoms with E-state index in [1.54, 1.807) is 6.07 Å². The monoisotopic (exact) mass is 293 g/mol. The van der Waals surface area contributed by atoms with Gasteiger partial charge in [-0.2, -0.15) is 0 Å². The molecule has 21 heavy (non-hydrogen) atoms. The first-order chi connectivity index (χ1) is 9.95. The number of ether oxygens (including phenoxy) is 1. The van der Waals surface area contributed by atoms with Crippen molar-refractivity contribution in [2.75, 3.05) is 13.2 Å². The molecule has 1 aromatic rings. The zero-order valence-electron chi connectivity index (χ0n) is 13.3. The molecular formula is C17H24FNO2. The number of hydrogen-bond acceptors (Lipinski definition) is 3. The van der Waals surface area contributed by atoms with Crippen LogP contribution in [0.4, 0.5) is 4.39 Å². The third-order valence-corrected chi connectivity index (χ3v) is 4.07. The molecule has 0 aliphatic carbocycles. The van der Waals surface area contributed by atoms with Crippen LogP contribution in [0.25, 0.3) is 0 Å². The number of carbonyl (C=O) groups is 1. The van der Waals surface area contributed by atoms with Gasteiger partial charge >= 0.3 is 0 Å². The Labute approximate surface area is 126 Å². The van der Waals surface area contributed by atoms with Crippen LogP contribution >= 0.6 is 0 Å². The Morgan fingerprint density at radius 3 is 2.76 bits per heavy atom. The van der Waals surface area contributed by atoms with E-state index in [0.717, 1.165) is 18.5 Å². The van der Waals surface area contributed by atoms with Crippen molar-refractivity contribution in [2.45, 2.75) is 52.6 Å². The maximum absolute atomic E-state index is 13.9. The Morgan fingerprint density at radius 2 is 2.19 bits per heavy atom. The van der Waals surface area contributed by atoms with Crippen LogP contribution in [0.1, 0.15) is 50.0 Å². The predicted molar refractivity (Wildman–Crippen MR) is 81.5 cm³/mol. The van der Waals surface area contributed by atoms with E-state index in [1.807, 2.05) is 0 Å². The van der Waals surface area contributed by atoms with Gasteiger partial charge < -0.3 is 4.74 Å². The topological polar surface area (TPSA) is 29.5 Å². The average Bonchev–Trinajstić information content (AvgIpc) is 2.44. The summed E-state index contributed by atoms with van der Waals surface area (Å²) in [6.45, 7) is 9.43. The van der Waals surface area contributed by atoms with Crippen molar-refractivity contribution in [2.24, 2.45) is 0 Å². The van der Waals surface area contributed by atoms with Crippen molar-refractivity contribution in [3.05, 3.63) is 29.1 Å². The SMILES string of the molecule is CCCN(C(C)C)C1COc2c(F)ccc(C(C)=O)c2C1. The van der Waals surface area contributed by atoms with Gasteiger partial charge in [0, 0.05) is 23.2 Å². The molecule has 0 aromatic heterocycles. The molecule has 1 unspecified atom stereocenters. The highest BCUT2D eigenvalue weighted by Crippen LogP contribution is 2.33. The molecule has 0 bridgehead atoms. The second-order valence-corrected chi connectivity index (χ2v) is 5.96. The van der Waals surface area contributed by atoms with Gasteiger partial charge in [-0.3, -0.25) is 9.69 Å². The van der Waals surface area contributed by atoms with Gasteiger partial charge in [-0.25, -0.2) is 4.39 Å². The number of hydrogen-bond donors (Lipinski definition) is 0. The fraction of sp³-hybridized carbons (Fsp3) is 0.588. The molecule has 0 saturated carbocycles. The summed E-state index contributed by atoms with van der Waals surface area (Å²) >= 11 is 0. The number of nitrogens with zero attached hydrogens (tertiary/aromatic N) is 1. The number of fused-ring (bicyclic) bond motifs is 1.